The molecule has 0 aliphatic carbocycles. The highest BCUT2D eigenvalue weighted by atomic mass is 16.5. The van der Waals surface area contributed by atoms with Crippen molar-refractivity contribution < 1.29 is 4.74 Å². The first-order chi connectivity index (χ1) is 16.6. The van der Waals surface area contributed by atoms with Crippen LogP contribution in [0.5, 0.6) is 0 Å². The van der Waals surface area contributed by atoms with Crippen molar-refractivity contribution >= 4 is 27.9 Å². The van der Waals surface area contributed by atoms with Crippen LogP contribution in [0, 0.1) is 23.7 Å². The van der Waals surface area contributed by atoms with Gasteiger partial charge in [-0.2, -0.15) is 5.26 Å². The smallest absolute Gasteiger partial charge is 0.184 e. The molecule has 1 atom stereocenters. The molecule has 4 heterocycles. The minimum absolute atomic E-state index is 0.0388. The van der Waals surface area contributed by atoms with Crippen LogP contribution in [0.25, 0.3) is 16.4 Å². The standard InChI is InChI=1S/C26H27N7O/c1-17-19(13-27)4-3-5-21(17)18(2)30-24-23-12-20(32-14-26(15-32)8-10-34-11-9-26)6-7-22(23)25-28-16-29-33(25)31-24/h3-7,12,16,18H,8-11,14-15H2,1-2H3,(H,30,31)/t18-/m1/s1. The zero-order valence-corrected chi connectivity index (χ0v) is 19.5. The topological polar surface area (TPSA) is 91.4 Å². The summed E-state index contributed by atoms with van der Waals surface area (Å²) in [6.07, 6.45) is 3.82. The van der Waals surface area contributed by atoms with Crippen LogP contribution in [-0.2, 0) is 4.74 Å². The average Bonchev–Trinajstić information content (AvgIpc) is 3.31. The van der Waals surface area contributed by atoms with E-state index in [1.807, 2.05) is 19.1 Å². The SMILES string of the molecule is Cc1c(C#N)cccc1[C@@H](C)Nc1nn2ncnc2c2ccc(N3CC4(CCOCC4)C3)cc12. The largest absolute Gasteiger partial charge is 0.381 e. The number of rotatable bonds is 4. The van der Waals surface area contributed by atoms with Gasteiger partial charge in [0.2, 0.25) is 0 Å². The van der Waals surface area contributed by atoms with Crippen LogP contribution in [0.2, 0.25) is 0 Å². The number of anilines is 2. The number of benzene rings is 2. The number of nitrogens with one attached hydrogen (secondary N) is 1. The molecule has 2 fully saturated rings. The van der Waals surface area contributed by atoms with E-state index in [9.17, 15) is 5.26 Å². The summed E-state index contributed by atoms with van der Waals surface area (Å²) in [6.45, 7) is 7.98. The molecule has 0 saturated carbocycles. The molecule has 8 heteroatoms. The summed E-state index contributed by atoms with van der Waals surface area (Å²) >= 11 is 0. The Morgan fingerprint density at radius 1 is 1.15 bits per heavy atom. The molecule has 172 valence electrons. The summed E-state index contributed by atoms with van der Waals surface area (Å²) < 4.78 is 7.16. The lowest BCUT2D eigenvalue weighted by molar-refractivity contribution is -0.000183. The Morgan fingerprint density at radius 2 is 1.97 bits per heavy atom. The molecule has 2 aromatic carbocycles. The quantitative estimate of drug-likeness (QED) is 0.494. The first kappa shape index (κ1) is 20.9. The highest BCUT2D eigenvalue weighted by molar-refractivity contribution is 6.01. The molecular formula is C26H27N7O. The van der Waals surface area contributed by atoms with Gasteiger partial charge < -0.3 is 15.0 Å². The van der Waals surface area contributed by atoms with Crippen molar-refractivity contribution in [2.45, 2.75) is 32.7 Å². The maximum Gasteiger partial charge on any atom is 0.184 e. The molecule has 0 amide bonds. The molecule has 2 saturated heterocycles. The van der Waals surface area contributed by atoms with Gasteiger partial charge in [0.15, 0.2) is 11.5 Å². The van der Waals surface area contributed by atoms with Crippen LogP contribution in [0.3, 0.4) is 0 Å². The van der Waals surface area contributed by atoms with Gasteiger partial charge in [0, 0.05) is 48.2 Å². The number of fused-ring (bicyclic) bond motifs is 3. The van der Waals surface area contributed by atoms with Gasteiger partial charge >= 0.3 is 0 Å². The molecule has 1 spiro atoms. The fourth-order valence-electron chi connectivity index (χ4n) is 5.45. The Balaban J connectivity index is 1.37. The van der Waals surface area contributed by atoms with E-state index < -0.39 is 0 Å². The van der Waals surface area contributed by atoms with Gasteiger partial charge in [-0.05, 0) is 62.1 Å². The molecule has 2 aliphatic heterocycles. The van der Waals surface area contributed by atoms with E-state index in [1.165, 1.54) is 12.0 Å². The monoisotopic (exact) mass is 453 g/mol. The van der Waals surface area contributed by atoms with E-state index in [0.29, 0.717) is 11.0 Å². The summed E-state index contributed by atoms with van der Waals surface area (Å²) in [7, 11) is 0. The molecule has 34 heavy (non-hydrogen) atoms. The Bertz CT molecular complexity index is 1420. The number of hydrogen-bond donors (Lipinski definition) is 1. The number of nitrogens with zero attached hydrogens (tertiary/aromatic N) is 6. The minimum atomic E-state index is -0.0388. The Labute approximate surface area is 198 Å². The third-order valence-corrected chi connectivity index (χ3v) is 7.51. The van der Waals surface area contributed by atoms with E-state index in [4.69, 9.17) is 9.84 Å². The number of aromatic nitrogens is 4. The Hall–Kier alpha value is -3.70. The maximum absolute atomic E-state index is 9.44. The van der Waals surface area contributed by atoms with Crippen molar-refractivity contribution in [2.24, 2.45) is 5.41 Å². The van der Waals surface area contributed by atoms with Crippen molar-refractivity contribution in [3.63, 3.8) is 0 Å². The minimum Gasteiger partial charge on any atom is -0.381 e. The predicted molar refractivity (Wildman–Crippen MR) is 131 cm³/mol. The molecular weight excluding hydrogens is 426 g/mol. The molecule has 4 aromatic rings. The molecule has 6 rings (SSSR count). The summed E-state index contributed by atoms with van der Waals surface area (Å²) in [5.41, 5.74) is 5.10. The first-order valence-corrected chi connectivity index (χ1v) is 11.8. The number of nitriles is 1. The third kappa shape index (κ3) is 3.35. The fourth-order valence-corrected chi connectivity index (χ4v) is 5.45. The van der Waals surface area contributed by atoms with E-state index in [2.05, 4.69) is 57.6 Å². The zero-order chi connectivity index (χ0) is 23.3. The zero-order valence-electron chi connectivity index (χ0n) is 19.5. The normalized spacial score (nSPS) is 18.1. The van der Waals surface area contributed by atoms with Crippen LogP contribution in [0.15, 0.2) is 42.7 Å². The van der Waals surface area contributed by atoms with E-state index in [0.717, 1.165) is 72.5 Å². The number of hydrogen-bond acceptors (Lipinski definition) is 7. The van der Waals surface area contributed by atoms with Crippen LogP contribution >= 0.6 is 0 Å². The first-order valence-electron chi connectivity index (χ1n) is 11.8. The lowest BCUT2D eigenvalue weighted by Crippen LogP contribution is -2.58. The second kappa shape index (κ2) is 7.96. The van der Waals surface area contributed by atoms with Gasteiger partial charge in [-0.15, -0.1) is 14.8 Å². The summed E-state index contributed by atoms with van der Waals surface area (Å²) in [5.74, 6) is 0.755. The lowest BCUT2D eigenvalue weighted by Gasteiger charge is -2.53. The van der Waals surface area contributed by atoms with Crippen molar-refractivity contribution in [1.82, 2.24) is 19.8 Å². The highest BCUT2D eigenvalue weighted by Crippen LogP contribution is 2.43. The molecule has 0 radical (unpaired) electrons. The Morgan fingerprint density at radius 3 is 2.76 bits per heavy atom. The predicted octanol–water partition coefficient (Wildman–Crippen LogP) is 4.25. The van der Waals surface area contributed by atoms with Crippen LogP contribution in [-0.4, -0.2) is 46.1 Å². The van der Waals surface area contributed by atoms with Crippen LogP contribution < -0.4 is 10.2 Å². The van der Waals surface area contributed by atoms with Crippen LogP contribution in [0.4, 0.5) is 11.5 Å². The molecule has 0 bridgehead atoms. The van der Waals surface area contributed by atoms with E-state index in [-0.39, 0.29) is 6.04 Å². The Kier molecular flexibility index (Phi) is 4.89. The maximum atomic E-state index is 9.44. The molecule has 2 aromatic heterocycles. The summed E-state index contributed by atoms with van der Waals surface area (Å²) in [6, 6.07) is 14.6. The summed E-state index contributed by atoms with van der Waals surface area (Å²) in [4.78, 5) is 6.89. The van der Waals surface area contributed by atoms with E-state index in [1.54, 1.807) is 4.63 Å². The van der Waals surface area contributed by atoms with Gasteiger partial charge in [-0.1, -0.05) is 12.1 Å². The van der Waals surface area contributed by atoms with E-state index >= 15 is 0 Å². The van der Waals surface area contributed by atoms with Gasteiger partial charge in [-0.3, -0.25) is 0 Å². The van der Waals surface area contributed by atoms with Gasteiger partial charge in [-0.25, -0.2) is 4.98 Å². The molecule has 1 N–H and O–H groups in total. The second-order valence-corrected chi connectivity index (χ2v) is 9.62. The van der Waals surface area contributed by atoms with Gasteiger partial charge in [0.25, 0.3) is 0 Å². The lowest BCUT2D eigenvalue weighted by atomic mass is 9.73. The van der Waals surface area contributed by atoms with Crippen molar-refractivity contribution in [3.05, 3.63) is 59.4 Å². The highest BCUT2D eigenvalue weighted by Gasteiger charge is 2.43. The second-order valence-electron chi connectivity index (χ2n) is 9.62. The van der Waals surface area contributed by atoms with Crippen LogP contribution in [0.1, 0.15) is 42.5 Å². The third-order valence-electron chi connectivity index (χ3n) is 7.51. The van der Waals surface area contributed by atoms with Crippen molar-refractivity contribution in [3.8, 4) is 6.07 Å². The molecule has 0 unspecified atom stereocenters. The average molecular weight is 454 g/mol. The van der Waals surface area contributed by atoms with Crippen molar-refractivity contribution in [1.29, 1.82) is 5.26 Å². The fraction of sp³-hybridized carbons (Fsp3) is 0.385. The van der Waals surface area contributed by atoms with Gasteiger partial charge in [0.1, 0.15) is 6.33 Å². The number of ether oxygens (including phenoxy) is 1. The van der Waals surface area contributed by atoms with Crippen molar-refractivity contribution in [2.75, 3.05) is 36.5 Å². The van der Waals surface area contributed by atoms with Gasteiger partial charge in [0.05, 0.1) is 17.7 Å². The molecule has 2 aliphatic rings. The molecule has 8 nitrogen and oxygen atoms in total. The summed E-state index contributed by atoms with van der Waals surface area (Å²) in [5, 5.41) is 24.1.